The highest BCUT2D eigenvalue weighted by atomic mass is 35.5. The van der Waals surface area contributed by atoms with Crippen molar-refractivity contribution in [1.82, 2.24) is 18.0 Å². The van der Waals surface area contributed by atoms with Crippen LogP contribution in [0.5, 0.6) is 0 Å². The molecule has 1 aromatic heterocycles. The Hall–Kier alpha value is -2.28. The second-order valence-electron chi connectivity index (χ2n) is 8.72. The number of fused-ring (bicyclic) bond motifs is 1. The first-order valence-corrected chi connectivity index (χ1v) is 14.3. The number of benzene rings is 2. The Labute approximate surface area is 217 Å². The molecule has 1 N–H and O–H groups in total. The van der Waals surface area contributed by atoms with E-state index in [1.165, 1.54) is 46.4 Å². The highest BCUT2D eigenvalue weighted by Gasteiger charge is 2.22. The maximum atomic E-state index is 14.6. The van der Waals surface area contributed by atoms with E-state index < -0.39 is 25.9 Å². The van der Waals surface area contributed by atoms with Gasteiger partial charge in [0.05, 0.1) is 16.3 Å². The van der Waals surface area contributed by atoms with E-state index in [1.807, 2.05) is 13.0 Å². The summed E-state index contributed by atoms with van der Waals surface area (Å²) in [7, 11) is -1.48. The quantitative estimate of drug-likeness (QED) is 0.385. The van der Waals surface area contributed by atoms with Crippen molar-refractivity contribution in [2.75, 3.05) is 34.7 Å². The predicted octanol–water partition coefficient (Wildman–Crippen LogP) is 3.64. The molecule has 0 aliphatic rings. The molecule has 0 bridgehead atoms. The molecule has 196 valence electrons. The lowest BCUT2D eigenvalue weighted by Crippen LogP contribution is -2.22. The zero-order valence-corrected chi connectivity index (χ0v) is 23.2. The number of sulfonamides is 2. The lowest BCUT2D eigenvalue weighted by Gasteiger charge is -2.13. The van der Waals surface area contributed by atoms with Gasteiger partial charge < -0.3 is 4.57 Å². The summed E-state index contributed by atoms with van der Waals surface area (Å²) in [5, 5.41) is 0.652. The summed E-state index contributed by atoms with van der Waals surface area (Å²) in [6, 6.07) is 11.4. The average molecular weight is 557 g/mol. The second kappa shape index (κ2) is 11.0. The molecule has 0 saturated heterocycles. The SMILES string of the molecule is Cc1c(Cc2cccc(S(=O)(=O)N(C)C)c2)c2cc(S(=O)(=O)N(C)C)ccc2n1C/C(F)=C/CNCl. The van der Waals surface area contributed by atoms with E-state index >= 15 is 0 Å². The van der Waals surface area contributed by atoms with Crippen molar-refractivity contribution in [2.24, 2.45) is 0 Å². The number of allylic oxidation sites excluding steroid dienone is 1. The molecule has 8 nitrogen and oxygen atoms in total. The molecule has 1 heterocycles. The lowest BCUT2D eigenvalue weighted by molar-refractivity contribution is 0.519. The van der Waals surface area contributed by atoms with Gasteiger partial charge in [-0.3, -0.25) is 0 Å². The van der Waals surface area contributed by atoms with Gasteiger partial charge in [0.1, 0.15) is 5.83 Å². The second-order valence-corrected chi connectivity index (χ2v) is 13.3. The average Bonchev–Trinajstić information content (AvgIpc) is 3.08. The van der Waals surface area contributed by atoms with Crippen LogP contribution in [0.1, 0.15) is 16.8 Å². The van der Waals surface area contributed by atoms with Gasteiger partial charge in [-0.1, -0.05) is 12.1 Å². The van der Waals surface area contributed by atoms with Gasteiger partial charge in [0.25, 0.3) is 0 Å². The minimum absolute atomic E-state index is 0.0598. The van der Waals surface area contributed by atoms with E-state index in [0.29, 0.717) is 17.3 Å². The molecular formula is C24H30ClFN4O4S2. The number of hydrogen-bond acceptors (Lipinski definition) is 5. The topological polar surface area (TPSA) is 91.7 Å². The standard InChI is InChI=1S/C24H30ClFN4O4S2/c1-17-22(14-18-7-6-8-20(13-18)35(31,32)28(2)3)23-15-21(36(33,34)29(4)5)9-10-24(23)30(17)16-19(26)11-12-27-25/h6-11,13,15,27H,12,14,16H2,1-5H3/b19-11-. The first-order chi connectivity index (χ1) is 16.8. The van der Waals surface area contributed by atoms with E-state index in [9.17, 15) is 21.2 Å². The van der Waals surface area contributed by atoms with Crippen molar-refractivity contribution in [2.45, 2.75) is 29.7 Å². The molecule has 0 spiro atoms. The normalized spacial score (nSPS) is 13.3. The van der Waals surface area contributed by atoms with Gasteiger partial charge in [-0.05, 0) is 72.7 Å². The molecule has 36 heavy (non-hydrogen) atoms. The molecule has 0 radical (unpaired) electrons. The first kappa shape index (κ1) is 28.3. The maximum Gasteiger partial charge on any atom is 0.242 e. The third kappa shape index (κ3) is 5.66. The predicted molar refractivity (Wildman–Crippen MR) is 141 cm³/mol. The Bertz CT molecular complexity index is 1510. The van der Waals surface area contributed by atoms with Crippen LogP contribution in [0, 0.1) is 6.92 Å². The Morgan fingerprint density at radius 1 is 1.00 bits per heavy atom. The summed E-state index contributed by atoms with van der Waals surface area (Å²) in [4.78, 5) is 2.63. The van der Waals surface area contributed by atoms with Crippen molar-refractivity contribution in [3.63, 3.8) is 0 Å². The van der Waals surface area contributed by atoms with Gasteiger partial charge in [0.2, 0.25) is 20.0 Å². The number of aromatic nitrogens is 1. The van der Waals surface area contributed by atoms with E-state index in [-0.39, 0.29) is 22.9 Å². The highest BCUT2D eigenvalue weighted by molar-refractivity contribution is 7.89. The van der Waals surface area contributed by atoms with Crippen molar-refractivity contribution < 1.29 is 21.2 Å². The third-order valence-corrected chi connectivity index (χ3v) is 9.75. The maximum absolute atomic E-state index is 14.6. The largest absolute Gasteiger partial charge is 0.338 e. The van der Waals surface area contributed by atoms with Gasteiger partial charge >= 0.3 is 0 Å². The van der Waals surface area contributed by atoms with Crippen molar-refractivity contribution >= 4 is 42.7 Å². The van der Waals surface area contributed by atoms with Gasteiger partial charge in [-0.15, -0.1) is 0 Å². The number of hydrogen-bond donors (Lipinski definition) is 1. The van der Waals surface area contributed by atoms with Crippen molar-refractivity contribution in [1.29, 1.82) is 0 Å². The smallest absolute Gasteiger partial charge is 0.242 e. The van der Waals surface area contributed by atoms with Crippen LogP contribution in [0.25, 0.3) is 10.9 Å². The molecule has 2 aromatic carbocycles. The van der Waals surface area contributed by atoms with Gasteiger partial charge in [-0.25, -0.2) is 34.7 Å². The summed E-state index contributed by atoms with van der Waals surface area (Å²) >= 11 is 5.44. The van der Waals surface area contributed by atoms with Crippen LogP contribution in [0.3, 0.4) is 0 Å². The minimum Gasteiger partial charge on any atom is -0.338 e. The number of rotatable bonds is 10. The van der Waals surface area contributed by atoms with Gasteiger partial charge in [-0.2, -0.15) is 0 Å². The van der Waals surface area contributed by atoms with Crippen molar-refractivity contribution in [3.05, 3.63) is 71.2 Å². The molecule has 0 aliphatic carbocycles. The molecule has 0 saturated carbocycles. The number of nitrogens with one attached hydrogen (secondary N) is 1. The summed E-state index contributed by atoms with van der Waals surface area (Å²) < 4.78 is 69.6. The zero-order chi connectivity index (χ0) is 26.8. The first-order valence-electron chi connectivity index (χ1n) is 11.0. The molecule has 0 fully saturated rings. The zero-order valence-electron chi connectivity index (χ0n) is 20.8. The molecule has 3 aromatic rings. The fraction of sp³-hybridized carbons (Fsp3) is 0.333. The summed E-state index contributed by atoms with van der Waals surface area (Å²) in [6.07, 6.45) is 1.66. The minimum atomic E-state index is -3.70. The van der Waals surface area contributed by atoms with Gasteiger partial charge in [0, 0.05) is 51.3 Å². The Balaban J connectivity index is 2.20. The summed E-state index contributed by atoms with van der Waals surface area (Å²) in [6.45, 7) is 1.93. The van der Waals surface area contributed by atoms with Crippen LogP contribution in [0.2, 0.25) is 0 Å². The monoisotopic (exact) mass is 556 g/mol. The van der Waals surface area contributed by atoms with Crippen LogP contribution in [-0.4, -0.2) is 64.7 Å². The molecule has 0 unspecified atom stereocenters. The fourth-order valence-corrected chi connectivity index (χ4v) is 5.90. The Kier molecular flexibility index (Phi) is 8.64. The van der Waals surface area contributed by atoms with E-state index in [0.717, 1.165) is 25.4 Å². The van der Waals surface area contributed by atoms with Crippen LogP contribution in [-0.2, 0) is 33.0 Å². The van der Waals surface area contributed by atoms with Crippen LogP contribution >= 0.6 is 11.8 Å². The molecule has 12 heteroatoms. The third-order valence-electron chi connectivity index (χ3n) is 5.97. The lowest BCUT2D eigenvalue weighted by atomic mass is 10.0. The van der Waals surface area contributed by atoms with E-state index in [2.05, 4.69) is 4.84 Å². The summed E-state index contributed by atoms with van der Waals surface area (Å²) in [5.74, 6) is -0.404. The van der Waals surface area contributed by atoms with Crippen LogP contribution in [0.4, 0.5) is 4.39 Å². The fourth-order valence-electron chi connectivity index (χ4n) is 3.92. The van der Waals surface area contributed by atoms with E-state index in [1.54, 1.807) is 28.8 Å². The molecule has 0 aliphatic heterocycles. The highest BCUT2D eigenvalue weighted by Crippen LogP contribution is 2.32. The number of halogens is 2. The molecule has 0 amide bonds. The van der Waals surface area contributed by atoms with Crippen molar-refractivity contribution in [3.8, 4) is 0 Å². The number of nitrogens with zero attached hydrogens (tertiary/aromatic N) is 3. The Morgan fingerprint density at radius 2 is 1.61 bits per heavy atom. The molecule has 0 atom stereocenters. The molecular weight excluding hydrogens is 527 g/mol. The Morgan fingerprint density at radius 3 is 2.19 bits per heavy atom. The molecule has 3 rings (SSSR count). The van der Waals surface area contributed by atoms with Crippen LogP contribution < -0.4 is 4.84 Å². The van der Waals surface area contributed by atoms with Crippen LogP contribution in [0.15, 0.2) is 64.2 Å². The van der Waals surface area contributed by atoms with E-state index in [4.69, 9.17) is 11.8 Å². The summed E-state index contributed by atoms with van der Waals surface area (Å²) in [5.41, 5.74) is 2.92. The van der Waals surface area contributed by atoms with Gasteiger partial charge in [0.15, 0.2) is 0 Å².